The summed E-state index contributed by atoms with van der Waals surface area (Å²) >= 11 is 1.10. The van der Waals surface area contributed by atoms with Gasteiger partial charge in [-0.3, -0.25) is 14.4 Å². The Kier molecular flexibility index (Phi) is 5.62. The maximum atomic E-state index is 12.4. The first-order chi connectivity index (χ1) is 10.9. The summed E-state index contributed by atoms with van der Waals surface area (Å²) in [6.45, 7) is 2.40. The van der Waals surface area contributed by atoms with E-state index in [0.29, 0.717) is 18.0 Å². The van der Waals surface area contributed by atoms with Crippen molar-refractivity contribution in [1.82, 2.24) is 0 Å². The van der Waals surface area contributed by atoms with E-state index in [1.165, 1.54) is 0 Å². The molecule has 124 valence electrons. The van der Waals surface area contributed by atoms with Crippen LogP contribution in [0.15, 0.2) is 24.3 Å². The Morgan fingerprint density at radius 3 is 2.65 bits per heavy atom. The molecular weight excluding hydrogens is 320 g/mol. The molecule has 8 heteroatoms. The smallest absolute Gasteiger partial charge is 0.321 e. The molecule has 1 saturated heterocycles. The van der Waals surface area contributed by atoms with Gasteiger partial charge in [0.05, 0.1) is 17.5 Å². The van der Waals surface area contributed by atoms with Crippen LogP contribution in [0.5, 0.6) is 5.75 Å². The SMILES string of the molecule is CCOc1ccc(N2C(=O)C[C@@H](SC[C@@H](N)C(=O)O)C2=O)cc1. The number of nitrogens with zero attached hydrogens (tertiary/aromatic N) is 1. The normalized spacial score (nSPS) is 19.0. The van der Waals surface area contributed by atoms with Crippen LogP contribution in [-0.2, 0) is 14.4 Å². The van der Waals surface area contributed by atoms with E-state index in [1.807, 2.05) is 6.92 Å². The molecule has 1 aliphatic heterocycles. The lowest BCUT2D eigenvalue weighted by molar-refractivity contribution is -0.138. The Morgan fingerprint density at radius 1 is 1.43 bits per heavy atom. The summed E-state index contributed by atoms with van der Waals surface area (Å²) in [7, 11) is 0. The van der Waals surface area contributed by atoms with Crippen molar-refractivity contribution in [1.29, 1.82) is 0 Å². The third-order valence-electron chi connectivity index (χ3n) is 3.31. The molecule has 1 aromatic rings. The van der Waals surface area contributed by atoms with Gasteiger partial charge in [-0.2, -0.15) is 0 Å². The zero-order chi connectivity index (χ0) is 17.0. The molecule has 2 atom stereocenters. The van der Waals surface area contributed by atoms with Crippen LogP contribution in [0.25, 0.3) is 0 Å². The summed E-state index contributed by atoms with van der Waals surface area (Å²) in [6.07, 6.45) is 0.0447. The van der Waals surface area contributed by atoms with E-state index in [2.05, 4.69) is 0 Å². The van der Waals surface area contributed by atoms with E-state index in [0.717, 1.165) is 16.7 Å². The topological polar surface area (TPSA) is 110 Å². The molecule has 3 N–H and O–H groups in total. The zero-order valence-electron chi connectivity index (χ0n) is 12.6. The van der Waals surface area contributed by atoms with Crippen molar-refractivity contribution in [2.24, 2.45) is 5.73 Å². The number of amides is 2. The highest BCUT2D eigenvalue weighted by Gasteiger charge is 2.40. The lowest BCUT2D eigenvalue weighted by Gasteiger charge is -2.16. The lowest BCUT2D eigenvalue weighted by atomic mass is 10.3. The van der Waals surface area contributed by atoms with E-state index in [9.17, 15) is 14.4 Å². The van der Waals surface area contributed by atoms with Gasteiger partial charge in [0.2, 0.25) is 11.8 Å². The molecule has 2 amide bonds. The Bertz CT molecular complexity index is 604. The van der Waals surface area contributed by atoms with E-state index in [1.54, 1.807) is 24.3 Å². The van der Waals surface area contributed by atoms with Gasteiger partial charge in [-0.05, 0) is 31.2 Å². The zero-order valence-corrected chi connectivity index (χ0v) is 13.4. The van der Waals surface area contributed by atoms with E-state index in [-0.39, 0.29) is 24.0 Å². The quantitative estimate of drug-likeness (QED) is 0.710. The molecule has 1 heterocycles. The fourth-order valence-electron chi connectivity index (χ4n) is 2.15. The number of carboxylic acid groups (broad SMARTS) is 1. The molecule has 1 fully saturated rings. The Morgan fingerprint density at radius 2 is 2.09 bits per heavy atom. The second-order valence-corrected chi connectivity index (χ2v) is 6.20. The standard InChI is InChI=1S/C15H18N2O5S/c1-2-22-10-5-3-9(4-6-10)17-13(18)7-12(14(17)19)23-8-11(16)15(20)21/h3-6,11-12H,2,7-8,16H2,1H3,(H,20,21)/t11-,12-/m1/s1. The van der Waals surface area contributed by atoms with E-state index < -0.39 is 17.3 Å². The average molecular weight is 338 g/mol. The number of nitrogens with two attached hydrogens (primary N) is 1. The van der Waals surface area contributed by atoms with Gasteiger partial charge in [-0.15, -0.1) is 11.8 Å². The number of aliphatic carboxylic acids is 1. The summed E-state index contributed by atoms with van der Waals surface area (Å²) < 4.78 is 5.32. The van der Waals surface area contributed by atoms with Crippen molar-refractivity contribution in [2.45, 2.75) is 24.6 Å². The fraction of sp³-hybridized carbons (Fsp3) is 0.400. The summed E-state index contributed by atoms with van der Waals surface area (Å²) in [5.74, 6) is -1.04. The monoisotopic (exact) mass is 338 g/mol. The highest BCUT2D eigenvalue weighted by atomic mass is 32.2. The van der Waals surface area contributed by atoms with Crippen LogP contribution in [-0.4, -0.2) is 46.5 Å². The van der Waals surface area contributed by atoms with Crippen molar-refractivity contribution >= 4 is 35.2 Å². The van der Waals surface area contributed by atoms with Gasteiger partial charge < -0.3 is 15.6 Å². The number of thioether (sulfide) groups is 1. The minimum absolute atomic E-state index is 0.0447. The van der Waals surface area contributed by atoms with Crippen LogP contribution < -0.4 is 15.4 Å². The van der Waals surface area contributed by atoms with Gasteiger partial charge >= 0.3 is 5.97 Å². The molecular formula is C15H18N2O5S. The van der Waals surface area contributed by atoms with Crippen LogP contribution in [0.3, 0.4) is 0 Å². The summed E-state index contributed by atoms with van der Waals surface area (Å²) in [6, 6.07) is 5.64. The van der Waals surface area contributed by atoms with Gasteiger partial charge in [-0.25, -0.2) is 4.90 Å². The van der Waals surface area contributed by atoms with E-state index in [4.69, 9.17) is 15.6 Å². The molecule has 7 nitrogen and oxygen atoms in total. The number of carbonyl (C=O) groups is 3. The molecule has 0 aromatic heterocycles. The third kappa shape index (κ3) is 4.02. The second kappa shape index (κ2) is 7.47. The molecule has 0 unspecified atom stereocenters. The van der Waals surface area contributed by atoms with Gasteiger partial charge in [-0.1, -0.05) is 0 Å². The van der Waals surface area contributed by atoms with Crippen LogP contribution in [0.4, 0.5) is 5.69 Å². The molecule has 0 aliphatic carbocycles. The van der Waals surface area contributed by atoms with Crippen LogP contribution in [0, 0.1) is 0 Å². The average Bonchev–Trinajstić information content (AvgIpc) is 2.80. The number of hydrogen-bond acceptors (Lipinski definition) is 6. The van der Waals surface area contributed by atoms with Crippen molar-refractivity contribution in [2.75, 3.05) is 17.3 Å². The fourth-order valence-corrected chi connectivity index (χ4v) is 3.25. The number of rotatable bonds is 7. The Labute approximate surface area is 137 Å². The van der Waals surface area contributed by atoms with Crippen molar-refractivity contribution in [3.63, 3.8) is 0 Å². The maximum absolute atomic E-state index is 12.4. The largest absolute Gasteiger partial charge is 0.494 e. The first kappa shape index (κ1) is 17.3. The lowest BCUT2D eigenvalue weighted by Crippen LogP contribution is -2.35. The van der Waals surface area contributed by atoms with Crippen LogP contribution in [0.1, 0.15) is 13.3 Å². The first-order valence-corrected chi connectivity index (χ1v) is 8.18. The molecule has 1 aromatic carbocycles. The number of carbonyl (C=O) groups excluding carboxylic acids is 2. The number of hydrogen-bond donors (Lipinski definition) is 2. The molecule has 0 spiro atoms. The highest BCUT2D eigenvalue weighted by Crippen LogP contribution is 2.30. The number of anilines is 1. The molecule has 1 aliphatic rings. The predicted molar refractivity (Wildman–Crippen MR) is 86.6 cm³/mol. The van der Waals surface area contributed by atoms with Crippen LogP contribution in [0.2, 0.25) is 0 Å². The minimum atomic E-state index is -1.13. The number of ether oxygens (including phenoxy) is 1. The van der Waals surface area contributed by atoms with Crippen molar-refractivity contribution in [3.05, 3.63) is 24.3 Å². The predicted octanol–water partition coefficient (Wildman–Crippen LogP) is 0.862. The maximum Gasteiger partial charge on any atom is 0.321 e. The Balaban J connectivity index is 2.04. The van der Waals surface area contributed by atoms with Gasteiger partial charge in [0.15, 0.2) is 0 Å². The van der Waals surface area contributed by atoms with Gasteiger partial charge in [0.1, 0.15) is 11.8 Å². The number of benzene rings is 1. The molecule has 0 saturated carbocycles. The third-order valence-corrected chi connectivity index (χ3v) is 4.63. The summed E-state index contributed by atoms with van der Waals surface area (Å²) in [5, 5.41) is 8.16. The number of imide groups is 1. The highest BCUT2D eigenvalue weighted by molar-refractivity contribution is 8.00. The first-order valence-electron chi connectivity index (χ1n) is 7.13. The Hall–Kier alpha value is -2.06. The minimum Gasteiger partial charge on any atom is -0.494 e. The molecule has 23 heavy (non-hydrogen) atoms. The van der Waals surface area contributed by atoms with Crippen molar-refractivity contribution < 1.29 is 24.2 Å². The molecule has 0 bridgehead atoms. The molecule has 2 rings (SSSR count). The van der Waals surface area contributed by atoms with E-state index >= 15 is 0 Å². The van der Waals surface area contributed by atoms with Crippen LogP contribution >= 0.6 is 11.8 Å². The van der Waals surface area contributed by atoms with Gasteiger partial charge in [0, 0.05) is 12.2 Å². The van der Waals surface area contributed by atoms with Gasteiger partial charge in [0.25, 0.3) is 0 Å². The molecule has 0 radical (unpaired) electrons. The summed E-state index contributed by atoms with van der Waals surface area (Å²) in [4.78, 5) is 36.3. The second-order valence-electron chi connectivity index (χ2n) is 4.97. The number of carboxylic acids is 1. The summed E-state index contributed by atoms with van der Waals surface area (Å²) in [5.41, 5.74) is 5.90. The van der Waals surface area contributed by atoms with Crippen molar-refractivity contribution in [3.8, 4) is 5.75 Å².